The molecule has 11 heteroatoms. The molecule has 36 heavy (non-hydrogen) atoms. The van der Waals surface area contributed by atoms with Crippen molar-refractivity contribution in [3.63, 3.8) is 0 Å². The minimum atomic E-state index is -4.03. The van der Waals surface area contributed by atoms with Crippen LogP contribution in [-0.4, -0.2) is 57.3 Å². The summed E-state index contributed by atoms with van der Waals surface area (Å²) >= 11 is 0. The fourth-order valence-electron chi connectivity index (χ4n) is 3.67. The van der Waals surface area contributed by atoms with Crippen LogP contribution in [-0.2, 0) is 40.3 Å². The van der Waals surface area contributed by atoms with E-state index in [2.05, 4.69) is 17.6 Å². The van der Waals surface area contributed by atoms with Gasteiger partial charge in [0, 0.05) is 17.0 Å². The minimum absolute atomic E-state index is 0.0562. The van der Waals surface area contributed by atoms with Crippen LogP contribution in [0, 0.1) is 13.8 Å². The molecule has 8 nitrogen and oxygen atoms in total. The van der Waals surface area contributed by atoms with Crippen LogP contribution in [0.15, 0.2) is 62.1 Å². The summed E-state index contributed by atoms with van der Waals surface area (Å²) in [7, 11) is -8.01. The summed E-state index contributed by atoms with van der Waals surface area (Å²) in [5.41, 5.74) is 1.82. The zero-order chi connectivity index (χ0) is 27.3. The molecule has 0 amide bonds. The summed E-state index contributed by atoms with van der Waals surface area (Å²) in [4.78, 5) is 12.9. The maximum atomic E-state index is 13.4. The van der Waals surface area contributed by atoms with E-state index in [4.69, 9.17) is 4.74 Å². The van der Waals surface area contributed by atoms with E-state index in [0.717, 1.165) is 15.4 Å². The molecule has 200 valence electrons. The number of esters is 1. The zero-order valence-electron chi connectivity index (χ0n) is 21.9. The first-order valence-corrected chi connectivity index (χ1v) is 15.9. The SMILES string of the molecule is CCC.COC(=O)C1N(S(=O)(=O)c2ccc(C)cc2)CCS(=NS(=O)(=O)c2ccc(C)cc2)C1(C)C. The largest absolute Gasteiger partial charge is 0.468 e. The van der Waals surface area contributed by atoms with Crippen molar-refractivity contribution in [1.82, 2.24) is 4.31 Å². The molecule has 1 fully saturated rings. The molecule has 2 aromatic rings. The Kier molecular flexibility index (Phi) is 10.0. The molecular weight excluding hydrogens is 520 g/mol. The van der Waals surface area contributed by atoms with Gasteiger partial charge in [0.05, 0.1) is 16.9 Å². The maximum Gasteiger partial charge on any atom is 0.325 e. The van der Waals surface area contributed by atoms with Gasteiger partial charge < -0.3 is 4.74 Å². The van der Waals surface area contributed by atoms with Crippen molar-refractivity contribution in [1.29, 1.82) is 0 Å². The Hall–Kier alpha value is -2.08. The van der Waals surface area contributed by atoms with Gasteiger partial charge in [0.1, 0.15) is 6.04 Å². The molecule has 0 N–H and O–H groups in total. The van der Waals surface area contributed by atoms with Crippen LogP contribution in [0.5, 0.6) is 0 Å². The molecule has 3 rings (SSSR count). The highest BCUT2D eigenvalue weighted by Gasteiger charge is 2.51. The standard InChI is InChI=1S/C22H28N2O6S3.C3H8/c1-16-6-10-18(11-7-16)32(26,27)23-31-15-14-24(20(21(25)30-5)22(31,3)4)33(28,29)19-12-8-17(2)9-13-19;1-3-2/h6-13,20H,14-15H2,1-5H3;3H2,1-2H3. The van der Waals surface area contributed by atoms with Gasteiger partial charge in [-0.3, -0.25) is 4.79 Å². The van der Waals surface area contributed by atoms with E-state index in [0.29, 0.717) is 0 Å². The second kappa shape index (κ2) is 12.0. The van der Waals surface area contributed by atoms with Crippen LogP contribution in [0.4, 0.5) is 0 Å². The molecule has 1 saturated heterocycles. The summed E-state index contributed by atoms with van der Waals surface area (Å²) in [6.07, 6.45) is 1.25. The Morgan fingerprint density at radius 1 is 0.972 bits per heavy atom. The van der Waals surface area contributed by atoms with E-state index < -0.39 is 47.5 Å². The van der Waals surface area contributed by atoms with E-state index in [1.165, 1.54) is 37.8 Å². The van der Waals surface area contributed by atoms with Crippen LogP contribution in [0.3, 0.4) is 0 Å². The van der Waals surface area contributed by atoms with E-state index in [-0.39, 0.29) is 22.1 Å². The van der Waals surface area contributed by atoms with Gasteiger partial charge in [-0.25, -0.2) is 8.42 Å². The predicted molar refractivity (Wildman–Crippen MR) is 144 cm³/mol. The lowest BCUT2D eigenvalue weighted by Crippen LogP contribution is -2.63. The first-order chi connectivity index (χ1) is 16.7. The summed E-state index contributed by atoms with van der Waals surface area (Å²) < 4.78 is 61.9. The van der Waals surface area contributed by atoms with Crippen LogP contribution < -0.4 is 0 Å². The highest BCUT2D eigenvalue weighted by Crippen LogP contribution is 2.35. The van der Waals surface area contributed by atoms with E-state index in [9.17, 15) is 21.6 Å². The zero-order valence-corrected chi connectivity index (χ0v) is 24.3. The summed E-state index contributed by atoms with van der Waals surface area (Å²) in [5, 5.41) is 0. The first kappa shape index (κ1) is 30.1. The molecule has 0 spiro atoms. The van der Waals surface area contributed by atoms with Crippen LogP contribution in [0.2, 0.25) is 0 Å². The van der Waals surface area contributed by atoms with Gasteiger partial charge in [-0.05, 0) is 52.0 Å². The normalized spacial score (nSPS) is 20.3. The smallest absolute Gasteiger partial charge is 0.325 e. The van der Waals surface area contributed by atoms with E-state index in [1.807, 2.05) is 13.8 Å². The van der Waals surface area contributed by atoms with Gasteiger partial charge in [0.25, 0.3) is 10.0 Å². The first-order valence-electron chi connectivity index (χ1n) is 11.6. The number of carbonyl (C=O) groups is 1. The van der Waals surface area contributed by atoms with Crippen LogP contribution in [0.25, 0.3) is 0 Å². The van der Waals surface area contributed by atoms with E-state index in [1.54, 1.807) is 38.1 Å². The molecule has 2 atom stereocenters. The monoisotopic (exact) mass is 556 g/mol. The summed E-state index contributed by atoms with van der Waals surface area (Å²) in [6.45, 7) is 11.2. The number of hydrogen-bond donors (Lipinski definition) is 0. The van der Waals surface area contributed by atoms with Gasteiger partial charge in [-0.2, -0.15) is 12.7 Å². The quantitative estimate of drug-likeness (QED) is 0.510. The topological polar surface area (TPSA) is 110 Å². The fourth-order valence-corrected chi connectivity index (χ4v) is 9.77. The predicted octanol–water partition coefficient (Wildman–Crippen LogP) is 4.24. The van der Waals surface area contributed by atoms with Gasteiger partial charge >= 0.3 is 5.97 Å². The van der Waals surface area contributed by atoms with Gasteiger partial charge in [-0.1, -0.05) is 66.4 Å². The lowest BCUT2D eigenvalue weighted by molar-refractivity contribution is -0.146. The van der Waals surface area contributed by atoms with E-state index >= 15 is 0 Å². The van der Waals surface area contributed by atoms with Crippen molar-refractivity contribution in [3.05, 3.63) is 59.7 Å². The third-order valence-electron chi connectivity index (χ3n) is 5.62. The maximum absolute atomic E-state index is 13.4. The Labute approximate surface area is 218 Å². The number of aryl methyl sites for hydroxylation is 2. The number of benzene rings is 2. The Morgan fingerprint density at radius 2 is 1.42 bits per heavy atom. The molecule has 0 aliphatic carbocycles. The molecule has 1 heterocycles. The van der Waals surface area contributed by atoms with Crippen molar-refractivity contribution in [3.8, 4) is 0 Å². The summed E-state index contributed by atoms with van der Waals surface area (Å²) in [5.74, 6) is -0.590. The van der Waals surface area contributed by atoms with Gasteiger partial charge in [0.15, 0.2) is 0 Å². The van der Waals surface area contributed by atoms with Crippen molar-refractivity contribution in [2.24, 2.45) is 3.77 Å². The third kappa shape index (κ3) is 6.62. The molecule has 0 radical (unpaired) electrons. The average molecular weight is 557 g/mol. The number of carbonyl (C=O) groups excluding carboxylic acids is 1. The van der Waals surface area contributed by atoms with Crippen molar-refractivity contribution in [2.75, 3.05) is 19.4 Å². The molecule has 0 saturated carbocycles. The molecule has 0 aromatic heterocycles. The Balaban J connectivity index is 0.00000145. The molecular formula is C25H36N2O6S3. The molecule has 0 bridgehead atoms. The van der Waals surface area contributed by atoms with Crippen LogP contribution in [0.1, 0.15) is 45.2 Å². The number of ether oxygens (including phenoxy) is 1. The fraction of sp³-hybridized carbons (Fsp3) is 0.480. The van der Waals surface area contributed by atoms with Crippen molar-refractivity contribution < 1.29 is 26.4 Å². The molecule has 2 aromatic carbocycles. The molecule has 1 aliphatic heterocycles. The number of hydrogen-bond acceptors (Lipinski definition) is 6. The Morgan fingerprint density at radius 3 is 1.86 bits per heavy atom. The third-order valence-corrected chi connectivity index (χ3v) is 11.9. The minimum Gasteiger partial charge on any atom is -0.468 e. The second-order valence-corrected chi connectivity index (χ2v) is 15.2. The lowest BCUT2D eigenvalue weighted by Gasteiger charge is -2.44. The average Bonchev–Trinajstić information content (AvgIpc) is 2.80. The summed E-state index contributed by atoms with van der Waals surface area (Å²) in [6, 6.07) is 11.5. The highest BCUT2D eigenvalue weighted by atomic mass is 32.3. The van der Waals surface area contributed by atoms with Crippen molar-refractivity contribution in [2.45, 2.75) is 68.5 Å². The number of nitrogens with zero attached hydrogens (tertiary/aromatic N) is 2. The van der Waals surface area contributed by atoms with Gasteiger partial charge in [-0.15, -0.1) is 3.77 Å². The molecule has 2 unspecified atom stereocenters. The Bertz CT molecular complexity index is 1300. The number of sulfonamides is 2. The van der Waals surface area contributed by atoms with Crippen molar-refractivity contribution >= 4 is 36.7 Å². The second-order valence-electron chi connectivity index (χ2n) is 9.10. The highest BCUT2D eigenvalue weighted by molar-refractivity contribution is 8.01. The number of methoxy groups -OCH3 is 1. The van der Waals surface area contributed by atoms with Gasteiger partial charge in [0.2, 0.25) is 10.0 Å². The molecule has 1 aliphatic rings. The lowest BCUT2D eigenvalue weighted by atomic mass is 10.0. The van der Waals surface area contributed by atoms with Crippen LogP contribution >= 0.6 is 0 Å². The number of rotatable bonds is 5.